The zero-order valence-electron chi connectivity index (χ0n) is 6.66. The molecule has 1 nitrogen and oxygen atoms in total. The molecule has 3 rings (SSSR count). The highest BCUT2D eigenvalue weighted by molar-refractivity contribution is 5.10. The van der Waals surface area contributed by atoms with Crippen molar-refractivity contribution in [1.29, 1.82) is 5.26 Å². The van der Waals surface area contributed by atoms with Crippen LogP contribution in [0.15, 0.2) is 0 Å². The monoisotopic (exact) mass is 147 g/mol. The Hall–Kier alpha value is -0.510. The van der Waals surface area contributed by atoms with Crippen molar-refractivity contribution in [2.24, 2.45) is 29.6 Å². The highest BCUT2D eigenvalue weighted by Crippen LogP contribution is 2.67. The second-order valence-corrected chi connectivity index (χ2v) is 4.58. The lowest BCUT2D eigenvalue weighted by atomic mass is 9.87. The van der Waals surface area contributed by atoms with Gasteiger partial charge >= 0.3 is 0 Å². The summed E-state index contributed by atoms with van der Waals surface area (Å²) in [6.45, 7) is 0. The van der Waals surface area contributed by atoms with Gasteiger partial charge < -0.3 is 0 Å². The van der Waals surface area contributed by atoms with Crippen LogP contribution in [0.4, 0.5) is 0 Å². The molecule has 1 heteroatoms. The molecule has 3 aliphatic carbocycles. The van der Waals surface area contributed by atoms with Crippen LogP contribution in [0.2, 0.25) is 0 Å². The van der Waals surface area contributed by atoms with E-state index in [1.54, 1.807) is 0 Å². The predicted molar refractivity (Wildman–Crippen MR) is 41.5 cm³/mol. The molecule has 0 aromatic heterocycles. The molecule has 0 aromatic rings. The SMILES string of the molecule is N#CCC1CC2CC1C1CC21. The highest BCUT2D eigenvalue weighted by Gasteiger charge is 2.60. The van der Waals surface area contributed by atoms with E-state index < -0.39 is 0 Å². The fourth-order valence-corrected chi connectivity index (χ4v) is 3.70. The normalized spacial score (nSPS) is 57.2. The molecule has 3 fully saturated rings. The maximum atomic E-state index is 8.60. The molecule has 0 radical (unpaired) electrons. The first-order valence-corrected chi connectivity index (χ1v) is 4.77. The largest absolute Gasteiger partial charge is 0.198 e. The van der Waals surface area contributed by atoms with Gasteiger partial charge in [-0.15, -0.1) is 0 Å². The lowest BCUT2D eigenvalue weighted by molar-refractivity contribution is 0.321. The Morgan fingerprint density at radius 1 is 1.09 bits per heavy atom. The Balaban J connectivity index is 1.79. The molecule has 0 saturated heterocycles. The van der Waals surface area contributed by atoms with Gasteiger partial charge in [0.1, 0.15) is 0 Å². The zero-order valence-corrected chi connectivity index (χ0v) is 6.66. The first-order chi connectivity index (χ1) is 5.40. The Bertz CT molecular complexity index is 228. The van der Waals surface area contributed by atoms with E-state index in [9.17, 15) is 0 Å². The third-order valence-corrected chi connectivity index (χ3v) is 4.19. The molecule has 5 atom stereocenters. The maximum Gasteiger partial charge on any atom is 0.0624 e. The molecule has 3 saturated carbocycles. The number of rotatable bonds is 1. The first-order valence-electron chi connectivity index (χ1n) is 4.77. The van der Waals surface area contributed by atoms with Crippen molar-refractivity contribution in [3.05, 3.63) is 0 Å². The van der Waals surface area contributed by atoms with Crippen LogP contribution in [0.5, 0.6) is 0 Å². The van der Waals surface area contributed by atoms with Gasteiger partial charge in [-0.3, -0.25) is 0 Å². The lowest BCUT2D eigenvalue weighted by Gasteiger charge is -2.17. The van der Waals surface area contributed by atoms with Gasteiger partial charge in [0.15, 0.2) is 0 Å². The van der Waals surface area contributed by atoms with Crippen LogP contribution in [-0.4, -0.2) is 0 Å². The predicted octanol–water partition coefficient (Wildman–Crippen LogP) is 2.19. The van der Waals surface area contributed by atoms with E-state index in [4.69, 9.17) is 5.26 Å². The fourth-order valence-electron chi connectivity index (χ4n) is 3.70. The third kappa shape index (κ3) is 0.656. The van der Waals surface area contributed by atoms with E-state index in [0.29, 0.717) is 0 Å². The van der Waals surface area contributed by atoms with Gasteiger partial charge in [0.05, 0.1) is 6.07 Å². The van der Waals surface area contributed by atoms with E-state index >= 15 is 0 Å². The van der Waals surface area contributed by atoms with Crippen molar-refractivity contribution in [3.8, 4) is 6.07 Å². The van der Waals surface area contributed by atoms with Gasteiger partial charge in [-0.2, -0.15) is 5.26 Å². The van der Waals surface area contributed by atoms with Crippen LogP contribution in [0.3, 0.4) is 0 Å². The molecule has 0 aliphatic heterocycles. The van der Waals surface area contributed by atoms with Gasteiger partial charge in [0.2, 0.25) is 0 Å². The molecule has 11 heavy (non-hydrogen) atoms. The van der Waals surface area contributed by atoms with Crippen LogP contribution in [0, 0.1) is 40.9 Å². The minimum absolute atomic E-state index is 0.800. The quantitative estimate of drug-likeness (QED) is 0.557. The summed E-state index contributed by atoms with van der Waals surface area (Å²) < 4.78 is 0. The highest BCUT2D eigenvalue weighted by atomic mass is 14.6. The minimum Gasteiger partial charge on any atom is -0.198 e. The second kappa shape index (κ2) is 1.80. The third-order valence-electron chi connectivity index (χ3n) is 4.19. The Morgan fingerprint density at radius 2 is 2.00 bits per heavy atom. The van der Waals surface area contributed by atoms with E-state index in [-0.39, 0.29) is 0 Å². The smallest absolute Gasteiger partial charge is 0.0624 e. The number of nitrogens with zero attached hydrogens (tertiary/aromatic N) is 1. The summed E-state index contributed by atoms with van der Waals surface area (Å²) in [5.74, 6) is 5.02. The lowest BCUT2D eigenvalue weighted by Crippen LogP contribution is -2.11. The van der Waals surface area contributed by atoms with Gasteiger partial charge in [-0.05, 0) is 48.9 Å². The molecular weight excluding hydrogens is 134 g/mol. The van der Waals surface area contributed by atoms with E-state index in [0.717, 1.165) is 36.0 Å². The average Bonchev–Trinajstić information content (AvgIpc) is 2.62. The number of hydrogen-bond acceptors (Lipinski definition) is 1. The summed E-state index contributed by atoms with van der Waals surface area (Å²) in [5.41, 5.74) is 0. The van der Waals surface area contributed by atoms with Crippen molar-refractivity contribution >= 4 is 0 Å². The van der Waals surface area contributed by atoms with Crippen molar-refractivity contribution in [2.75, 3.05) is 0 Å². The Morgan fingerprint density at radius 3 is 2.64 bits per heavy atom. The van der Waals surface area contributed by atoms with Crippen LogP contribution in [0.25, 0.3) is 0 Å². The maximum absolute atomic E-state index is 8.60. The average molecular weight is 147 g/mol. The van der Waals surface area contributed by atoms with Crippen molar-refractivity contribution in [3.63, 3.8) is 0 Å². The standard InChI is InChI=1S/C10H13N/c11-2-1-6-3-7-4-8(6)10-5-9(7)10/h6-10H,1,3-5H2. The van der Waals surface area contributed by atoms with E-state index in [1.165, 1.54) is 19.3 Å². The minimum atomic E-state index is 0.800. The number of fused-ring (bicyclic) bond motifs is 5. The molecule has 0 aromatic carbocycles. The first kappa shape index (κ1) is 6.06. The fraction of sp³-hybridized carbons (Fsp3) is 0.900. The Labute approximate surface area is 67.4 Å². The summed E-state index contributed by atoms with van der Waals surface area (Å²) in [4.78, 5) is 0. The van der Waals surface area contributed by atoms with Gasteiger partial charge in [-0.1, -0.05) is 0 Å². The second-order valence-electron chi connectivity index (χ2n) is 4.58. The summed E-state index contributed by atoms with van der Waals surface area (Å²) in [5, 5.41) is 8.60. The number of hydrogen-bond donors (Lipinski definition) is 0. The van der Waals surface area contributed by atoms with Crippen LogP contribution in [0.1, 0.15) is 25.7 Å². The summed E-state index contributed by atoms with van der Waals surface area (Å²) >= 11 is 0. The summed E-state index contributed by atoms with van der Waals surface area (Å²) in [6, 6.07) is 2.33. The molecule has 0 heterocycles. The molecule has 0 amide bonds. The van der Waals surface area contributed by atoms with Crippen molar-refractivity contribution in [2.45, 2.75) is 25.7 Å². The molecule has 5 unspecified atom stereocenters. The van der Waals surface area contributed by atoms with Gasteiger partial charge in [0.25, 0.3) is 0 Å². The van der Waals surface area contributed by atoms with Gasteiger partial charge in [-0.25, -0.2) is 0 Å². The molecular formula is C10H13N. The van der Waals surface area contributed by atoms with Crippen molar-refractivity contribution < 1.29 is 0 Å². The molecule has 0 N–H and O–H groups in total. The molecule has 2 bridgehead atoms. The summed E-state index contributed by atoms with van der Waals surface area (Å²) in [6.07, 6.45) is 5.21. The molecule has 3 aliphatic rings. The summed E-state index contributed by atoms with van der Waals surface area (Å²) in [7, 11) is 0. The van der Waals surface area contributed by atoms with Crippen molar-refractivity contribution in [1.82, 2.24) is 0 Å². The van der Waals surface area contributed by atoms with Crippen LogP contribution < -0.4 is 0 Å². The zero-order chi connectivity index (χ0) is 7.42. The number of nitriles is 1. The van der Waals surface area contributed by atoms with Crippen LogP contribution in [-0.2, 0) is 0 Å². The van der Waals surface area contributed by atoms with E-state index in [2.05, 4.69) is 6.07 Å². The Kier molecular flexibility index (Phi) is 0.991. The molecule has 58 valence electrons. The molecule has 0 spiro atoms. The van der Waals surface area contributed by atoms with Crippen LogP contribution >= 0.6 is 0 Å². The van der Waals surface area contributed by atoms with Gasteiger partial charge in [0, 0.05) is 6.42 Å². The topological polar surface area (TPSA) is 23.8 Å². The van der Waals surface area contributed by atoms with E-state index in [1.807, 2.05) is 0 Å².